The fraction of sp³-hybridized carbons (Fsp3) is 0.267. The van der Waals surface area contributed by atoms with Crippen LogP contribution in [-0.2, 0) is 20.6 Å². The molecule has 0 fully saturated rings. The van der Waals surface area contributed by atoms with E-state index < -0.39 is 17.2 Å². The summed E-state index contributed by atoms with van der Waals surface area (Å²) in [6.07, 6.45) is 1.23. The van der Waals surface area contributed by atoms with Gasteiger partial charge < -0.3 is 19.7 Å². The van der Waals surface area contributed by atoms with Crippen LogP contribution < -0.4 is 21.3 Å². The average Bonchev–Trinajstić information content (AvgIpc) is 2.95. The summed E-state index contributed by atoms with van der Waals surface area (Å²) in [5.74, 6) is -0.151. The topological polar surface area (TPSA) is 119 Å². The number of methoxy groups -OCH3 is 1. The molecule has 0 atom stereocenters. The number of likely N-dealkylation sites (N-methyl/N-ethyl adjacent to an activating group) is 1. The van der Waals surface area contributed by atoms with Crippen LogP contribution in [0.4, 0.5) is 5.69 Å². The van der Waals surface area contributed by atoms with Gasteiger partial charge in [-0.1, -0.05) is 48.0 Å². The van der Waals surface area contributed by atoms with Crippen molar-refractivity contribution in [3.8, 4) is 28.3 Å². The predicted molar refractivity (Wildman–Crippen MR) is 160 cm³/mol. The lowest BCUT2D eigenvalue weighted by molar-refractivity contribution is 0.102. The van der Waals surface area contributed by atoms with Crippen LogP contribution >= 0.6 is 11.6 Å². The number of nitrogens with zero attached hydrogens (tertiary/aromatic N) is 4. The molecule has 0 unspecified atom stereocenters. The van der Waals surface area contributed by atoms with Crippen molar-refractivity contribution in [2.24, 2.45) is 14.1 Å². The summed E-state index contributed by atoms with van der Waals surface area (Å²) in [6, 6.07) is 14.9. The van der Waals surface area contributed by atoms with E-state index in [0.717, 1.165) is 26.8 Å². The Morgan fingerprint density at radius 2 is 1.76 bits per heavy atom. The van der Waals surface area contributed by atoms with Crippen molar-refractivity contribution >= 4 is 23.2 Å². The molecular weight excluding hydrogens is 546 g/mol. The average molecular weight is 578 g/mol. The standard InChI is InChI=1S/C30H32ClN5O5/c1-18-20(8-7-11-24(18)32-27(38)23-17-35(3)30(40)36(4)29(23)39)21-9-6-10-22(26(21)31)25-13-12-19(28(33-25)41-5)16-34(2)14-15-37/h6-13,17,37H,14-16H2,1-5H3,(H,32,38). The molecule has 0 aliphatic rings. The van der Waals surface area contributed by atoms with Gasteiger partial charge in [0.25, 0.3) is 11.5 Å². The van der Waals surface area contributed by atoms with E-state index in [0.29, 0.717) is 40.9 Å². The minimum atomic E-state index is -0.677. The van der Waals surface area contributed by atoms with Crippen LogP contribution in [0.3, 0.4) is 0 Å². The van der Waals surface area contributed by atoms with Gasteiger partial charge in [0.1, 0.15) is 5.56 Å². The first-order valence-corrected chi connectivity index (χ1v) is 13.2. The fourth-order valence-corrected chi connectivity index (χ4v) is 4.94. The summed E-state index contributed by atoms with van der Waals surface area (Å²) >= 11 is 6.95. The van der Waals surface area contributed by atoms with Crippen molar-refractivity contribution in [1.29, 1.82) is 0 Å². The maximum absolute atomic E-state index is 13.0. The first-order chi connectivity index (χ1) is 19.6. The molecule has 0 aliphatic heterocycles. The number of benzene rings is 2. The second-order valence-electron chi connectivity index (χ2n) is 9.73. The van der Waals surface area contributed by atoms with E-state index in [4.69, 9.17) is 21.3 Å². The zero-order valence-corrected chi connectivity index (χ0v) is 24.3. The molecule has 0 bridgehead atoms. The van der Waals surface area contributed by atoms with Gasteiger partial charge in [-0.05, 0) is 37.2 Å². The number of aliphatic hydroxyl groups is 1. The highest BCUT2D eigenvalue weighted by atomic mass is 35.5. The van der Waals surface area contributed by atoms with E-state index in [1.807, 2.05) is 55.3 Å². The molecule has 2 heterocycles. The Labute approximate surface area is 242 Å². The zero-order chi connectivity index (χ0) is 29.8. The molecule has 41 heavy (non-hydrogen) atoms. The Kier molecular flexibility index (Phi) is 9.07. The Bertz CT molecular complexity index is 1730. The Morgan fingerprint density at radius 1 is 1.07 bits per heavy atom. The Morgan fingerprint density at radius 3 is 2.46 bits per heavy atom. The summed E-state index contributed by atoms with van der Waals surface area (Å²) < 4.78 is 7.64. The minimum absolute atomic E-state index is 0.0582. The second-order valence-corrected chi connectivity index (χ2v) is 10.1. The maximum Gasteiger partial charge on any atom is 0.330 e. The highest BCUT2D eigenvalue weighted by molar-refractivity contribution is 6.36. The van der Waals surface area contributed by atoms with Crippen LogP contribution in [0.2, 0.25) is 5.02 Å². The van der Waals surface area contributed by atoms with Gasteiger partial charge >= 0.3 is 5.69 Å². The van der Waals surface area contributed by atoms with Crippen molar-refractivity contribution in [2.75, 3.05) is 32.6 Å². The summed E-state index contributed by atoms with van der Waals surface area (Å²) in [6.45, 7) is 3.00. The number of amides is 1. The number of halogens is 1. The van der Waals surface area contributed by atoms with Gasteiger partial charge in [-0.2, -0.15) is 0 Å². The molecule has 214 valence electrons. The smallest absolute Gasteiger partial charge is 0.330 e. The molecule has 10 nitrogen and oxygen atoms in total. The molecule has 4 aromatic rings. The Balaban J connectivity index is 1.69. The van der Waals surface area contributed by atoms with E-state index in [1.54, 1.807) is 19.2 Å². The predicted octanol–water partition coefficient (Wildman–Crippen LogP) is 3.46. The van der Waals surface area contributed by atoms with Gasteiger partial charge in [-0.25, -0.2) is 9.78 Å². The fourth-order valence-electron chi connectivity index (χ4n) is 4.61. The zero-order valence-electron chi connectivity index (χ0n) is 23.6. The third-order valence-corrected chi connectivity index (χ3v) is 7.30. The van der Waals surface area contributed by atoms with Crippen LogP contribution in [0.15, 0.2) is 64.3 Å². The van der Waals surface area contributed by atoms with Gasteiger partial charge in [-0.15, -0.1) is 0 Å². The van der Waals surface area contributed by atoms with Crippen LogP contribution in [-0.4, -0.2) is 57.3 Å². The van der Waals surface area contributed by atoms with E-state index in [-0.39, 0.29) is 12.2 Å². The molecule has 0 saturated carbocycles. The molecular formula is C30H32ClN5O5. The molecule has 2 aromatic heterocycles. The van der Waals surface area contributed by atoms with Gasteiger partial charge in [0, 0.05) is 55.8 Å². The van der Waals surface area contributed by atoms with Crippen molar-refractivity contribution < 1.29 is 14.6 Å². The number of aromatic nitrogens is 3. The monoisotopic (exact) mass is 577 g/mol. The normalized spacial score (nSPS) is 11.1. The van der Waals surface area contributed by atoms with Crippen molar-refractivity contribution in [3.05, 3.63) is 97.3 Å². The number of ether oxygens (including phenoxy) is 1. The number of carbonyl (C=O) groups is 1. The number of anilines is 1. The lowest BCUT2D eigenvalue weighted by Crippen LogP contribution is -2.40. The second kappa shape index (κ2) is 12.5. The molecule has 0 spiro atoms. The van der Waals surface area contributed by atoms with E-state index in [9.17, 15) is 19.5 Å². The first kappa shape index (κ1) is 29.7. The van der Waals surface area contributed by atoms with E-state index >= 15 is 0 Å². The van der Waals surface area contributed by atoms with Crippen LogP contribution in [0.5, 0.6) is 5.88 Å². The molecule has 1 amide bonds. The van der Waals surface area contributed by atoms with Gasteiger partial charge in [0.2, 0.25) is 5.88 Å². The van der Waals surface area contributed by atoms with E-state index in [2.05, 4.69) is 5.32 Å². The van der Waals surface area contributed by atoms with Crippen molar-refractivity contribution in [1.82, 2.24) is 19.0 Å². The summed E-state index contributed by atoms with van der Waals surface area (Å²) in [5, 5.41) is 12.5. The van der Waals surface area contributed by atoms with E-state index in [1.165, 1.54) is 24.9 Å². The first-order valence-electron chi connectivity index (χ1n) is 12.9. The van der Waals surface area contributed by atoms with Crippen LogP contribution in [0, 0.1) is 6.92 Å². The SMILES string of the molecule is COc1nc(-c2cccc(-c3cccc(NC(=O)c4cn(C)c(=O)n(C)c4=O)c3C)c2Cl)ccc1CN(C)CCO. The maximum atomic E-state index is 13.0. The number of hydrogen-bond acceptors (Lipinski definition) is 7. The van der Waals surface area contributed by atoms with Crippen LogP contribution in [0.1, 0.15) is 21.5 Å². The summed E-state index contributed by atoms with van der Waals surface area (Å²) in [7, 11) is 6.28. The molecule has 0 radical (unpaired) electrons. The highest BCUT2D eigenvalue weighted by Gasteiger charge is 2.19. The number of aliphatic hydroxyl groups excluding tert-OH is 1. The largest absolute Gasteiger partial charge is 0.481 e. The molecule has 4 rings (SSSR count). The van der Waals surface area contributed by atoms with Crippen LogP contribution in [0.25, 0.3) is 22.4 Å². The third-order valence-electron chi connectivity index (χ3n) is 6.89. The number of carbonyl (C=O) groups excluding carboxylic acids is 1. The number of rotatable bonds is 9. The van der Waals surface area contributed by atoms with Gasteiger partial charge in [0.05, 0.1) is 24.4 Å². The molecule has 11 heteroatoms. The van der Waals surface area contributed by atoms with Gasteiger partial charge in [-0.3, -0.25) is 19.1 Å². The number of pyridine rings is 1. The quantitative estimate of drug-likeness (QED) is 0.313. The molecule has 0 aliphatic carbocycles. The lowest BCUT2D eigenvalue weighted by atomic mass is 9.96. The minimum Gasteiger partial charge on any atom is -0.481 e. The summed E-state index contributed by atoms with van der Waals surface area (Å²) in [5.41, 5.74) is 3.66. The van der Waals surface area contributed by atoms with Crippen molar-refractivity contribution in [3.63, 3.8) is 0 Å². The number of nitrogens with one attached hydrogen (secondary N) is 1. The summed E-state index contributed by atoms with van der Waals surface area (Å²) in [4.78, 5) is 44.3. The van der Waals surface area contributed by atoms with Crippen molar-refractivity contribution in [2.45, 2.75) is 13.5 Å². The molecule has 0 saturated heterocycles. The lowest BCUT2D eigenvalue weighted by Gasteiger charge is -2.18. The number of aryl methyl sites for hydroxylation is 1. The van der Waals surface area contributed by atoms with Gasteiger partial charge in [0.15, 0.2) is 0 Å². The Hall–Kier alpha value is -4.25. The number of hydrogen-bond donors (Lipinski definition) is 2. The highest BCUT2D eigenvalue weighted by Crippen LogP contribution is 2.39. The third kappa shape index (κ3) is 6.09. The molecule has 2 aromatic carbocycles. The molecule has 2 N–H and O–H groups in total.